The van der Waals surface area contributed by atoms with E-state index >= 15 is 0 Å². The normalized spacial score (nSPS) is 15.8. The number of hydrogen-bond donors (Lipinski definition) is 0. The SMILES string of the molecule is COc1cccc(OC)c1C(=O)N1CCC[C@@H](c2cc(N(C)C)nc(-c3cccnc3)n2)C1. The van der Waals surface area contributed by atoms with Crippen molar-refractivity contribution in [3.05, 3.63) is 60.0 Å². The van der Waals surface area contributed by atoms with Crippen LogP contribution in [0.5, 0.6) is 11.5 Å². The summed E-state index contributed by atoms with van der Waals surface area (Å²) in [5, 5.41) is 0. The molecule has 0 radical (unpaired) electrons. The summed E-state index contributed by atoms with van der Waals surface area (Å²) in [6.07, 6.45) is 5.33. The van der Waals surface area contributed by atoms with Gasteiger partial charge in [0.05, 0.1) is 19.9 Å². The van der Waals surface area contributed by atoms with Gasteiger partial charge in [-0.05, 0) is 37.1 Å². The largest absolute Gasteiger partial charge is 0.496 e. The first-order valence-corrected chi connectivity index (χ1v) is 11.0. The van der Waals surface area contributed by atoms with Crippen LogP contribution in [0, 0.1) is 0 Å². The topological polar surface area (TPSA) is 80.7 Å². The molecule has 1 saturated heterocycles. The van der Waals surface area contributed by atoms with Crippen LogP contribution in [0.2, 0.25) is 0 Å². The van der Waals surface area contributed by atoms with Gasteiger partial charge in [-0.1, -0.05) is 6.07 Å². The summed E-state index contributed by atoms with van der Waals surface area (Å²) in [4.78, 5) is 31.1. The van der Waals surface area contributed by atoms with E-state index in [0.717, 1.165) is 29.9 Å². The molecule has 0 aliphatic carbocycles. The fourth-order valence-electron chi connectivity index (χ4n) is 4.14. The minimum Gasteiger partial charge on any atom is -0.496 e. The van der Waals surface area contributed by atoms with Gasteiger partial charge in [-0.3, -0.25) is 9.78 Å². The number of amides is 1. The van der Waals surface area contributed by atoms with Gasteiger partial charge in [-0.2, -0.15) is 0 Å². The molecule has 33 heavy (non-hydrogen) atoms. The van der Waals surface area contributed by atoms with Gasteiger partial charge in [0.25, 0.3) is 5.91 Å². The maximum absolute atomic E-state index is 13.5. The van der Waals surface area contributed by atoms with Gasteiger partial charge in [-0.15, -0.1) is 0 Å². The van der Waals surface area contributed by atoms with Crippen LogP contribution in [0.4, 0.5) is 5.82 Å². The molecule has 4 rings (SSSR count). The number of ether oxygens (including phenoxy) is 2. The minimum atomic E-state index is -0.0941. The van der Waals surface area contributed by atoms with Crippen LogP contribution in [-0.2, 0) is 0 Å². The summed E-state index contributed by atoms with van der Waals surface area (Å²) in [6.45, 7) is 1.24. The minimum absolute atomic E-state index is 0.0941. The molecule has 1 fully saturated rings. The van der Waals surface area contributed by atoms with Crippen LogP contribution in [0.15, 0.2) is 48.8 Å². The predicted octanol–water partition coefficient (Wildman–Crippen LogP) is 3.64. The van der Waals surface area contributed by atoms with Gasteiger partial charge in [0, 0.05) is 57.1 Å². The third-order valence-corrected chi connectivity index (χ3v) is 5.88. The molecule has 3 aromatic rings. The van der Waals surface area contributed by atoms with Crippen molar-refractivity contribution >= 4 is 11.7 Å². The molecule has 8 heteroatoms. The summed E-state index contributed by atoms with van der Waals surface area (Å²) >= 11 is 0. The lowest BCUT2D eigenvalue weighted by molar-refractivity contribution is 0.0699. The second-order valence-corrected chi connectivity index (χ2v) is 8.24. The van der Waals surface area contributed by atoms with Crippen LogP contribution in [0.1, 0.15) is 34.8 Å². The molecule has 0 saturated carbocycles. The van der Waals surface area contributed by atoms with E-state index in [1.165, 1.54) is 0 Å². The van der Waals surface area contributed by atoms with Crippen molar-refractivity contribution < 1.29 is 14.3 Å². The third-order valence-electron chi connectivity index (χ3n) is 5.88. The highest BCUT2D eigenvalue weighted by molar-refractivity contribution is 5.99. The first-order valence-electron chi connectivity index (χ1n) is 11.0. The van der Waals surface area contributed by atoms with Crippen molar-refractivity contribution in [2.45, 2.75) is 18.8 Å². The summed E-state index contributed by atoms with van der Waals surface area (Å²) in [6, 6.07) is 11.2. The lowest BCUT2D eigenvalue weighted by atomic mass is 9.93. The van der Waals surface area contributed by atoms with E-state index in [4.69, 9.17) is 19.4 Å². The number of carbonyl (C=O) groups excluding carboxylic acids is 1. The quantitative estimate of drug-likeness (QED) is 0.571. The van der Waals surface area contributed by atoms with Gasteiger partial charge in [0.15, 0.2) is 5.82 Å². The van der Waals surface area contributed by atoms with Gasteiger partial charge in [0.1, 0.15) is 22.9 Å². The molecule has 3 heterocycles. The van der Waals surface area contributed by atoms with E-state index in [0.29, 0.717) is 36.0 Å². The number of carbonyl (C=O) groups is 1. The lowest BCUT2D eigenvalue weighted by Gasteiger charge is -2.33. The smallest absolute Gasteiger partial charge is 0.261 e. The number of likely N-dealkylation sites (tertiary alicyclic amines) is 1. The number of benzene rings is 1. The van der Waals surface area contributed by atoms with E-state index in [2.05, 4.69) is 4.98 Å². The average Bonchev–Trinajstić information content (AvgIpc) is 2.88. The van der Waals surface area contributed by atoms with Crippen molar-refractivity contribution in [2.75, 3.05) is 46.3 Å². The molecule has 0 spiro atoms. The molecule has 0 N–H and O–H groups in total. The van der Waals surface area contributed by atoms with Crippen LogP contribution in [-0.4, -0.2) is 67.2 Å². The second kappa shape index (κ2) is 9.85. The Morgan fingerprint density at radius 2 is 1.85 bits per heavy atom. The monoisotopic (exact) mass is 447 g/mol. The number of aromatic nitrogens is 3. The number of piperidine rings is 1. The Labute approximate surface area is 194 Å². The van der Waals surface area contributed by atoms with Gasteiger partial charge < -0.3 is 19.3 Å². The summed E-state index contributed by atoms with van der Waals surface area (Å²) in [7, 11) is 7.05. The number of hydrogen-bond acceptors (Lipinski definition) is 7. The van der Waals surface area contributed by atoms with Gasteiger partial charge in [-0.25, -0.2) is 9.97 Å². The number of anilines is 1. The molecular formula is C25H29N5O3. The van der Waals surface area contributed by atoms with Crippen molar-refractivity contribution in [1.82, 2.24) is 19.9 Å². The zero-order valence-corrected chi connectivity index (χ0v) is 19.5. The first-order chi connectivity index (χ1) is 16.0. The number of nitrogens with zero attached hydrogens (tertiary/aromatic N) is 5. The van der Waals surface area contributed by atoms with E-state index < -0.39 is 0 Å². The zero-order chi connectivity index (χ0) is 23.4. The Balaban J connectivity index is 1.66. The molecule has 172 valence electrons. The molecule has 1 aromatic carbocycles. The molecule has 8 nitrogen and oxygen atoms in total. The summed E-state index contributed by atoms with van der Waals surface area (Å²) in [5.74, 6) is 2.49. The molecule has 1 atom stereocenters. The van der Waals surface area contributed by atoms with Crippen molar-refractivity contribution in [2.24, 2.45) is 0 Å². The van der Waals surface area contributed by atoms with Crippen LogP contribution in [0.3, 0.4) is 0 Å². The Morgan fingerprint density at radius 1 is 1.09 bits per heavy atom. The highest BCUT2D eigenvalue weighted by atomic mass is 16.5. The van der Waals surface area contributed by atoms with E-state index in [-0.39, 0.29) is 11.8 Å². The van der Waals surface area contributed by atoms with Crippen LogP contribution >= 0.6 is 0 Å². The maximum atomic E-state index is 13.5. The molecule has 0 bridgehead atoms. The number of rotatable bonds is 6. The second-order valence-electron chi connectivity index (χ2n) is 8.24. The molecule has 1 amide bonds. The van der Waals surface area contributed by atoms with Gasteiger partial charge >= 0.3 is 0 Å². The number of methoxy groups -OCH3 is 2. The maximum Gasteiger partial charge on any atom is 0.261 e. The first kappa shape index (κ1) is 22.5. The summed E-state index contributed by atoms with van der Waals surface area (Å²) < 4.78 is 10.9. The van der Waals surface area contributed by atoms with E-state index in [1.54, 1.807) is 38.7 Å². The van der Waals surface area contributed by atoms with E-state index in [1.807, 2.05) is 48.2 Å². The standard InChI is InChI=1S/C25H29N5O3/c1-29(2)22-14-19(27-24(28-22)17-8-6-12-26-15-17)18-9-7-13-30(16-18)25(31)23-20(32-3)10-5-11-21(23)33-4/h5-6,8,10-12,14-15,18H,7,9,13,16H2,1-4H3/t18-/m1/s1. The lowest BCUT2D eigenvalue weighted by Crippen LogP contribution is -2.39. The number of pyridine rings is 1. The van der Waals surface area contributed by atoms with Crippen molar-refractivity contribution in [3.63, 3.8) is 0 Å². The van der Waals surface area contributed by atoms with Gasteiger partial charge in [0.2, 0.25) is 0 Å². The Kier molecular flexibility index (Phi) is 6.72. The van der Waals surface area contributed by atoms with Crippen molar-refractivity contribution in [3.8, 4) is 22.9 Å². The fourth-order valence-corrected chi connectivity index (χ4v) is 4.14. The Hall–Kier alpha value is -3.68. The zero-order valence-electron chi connectivity index (χ0n) is 19.5. The molecule has 2 aromatic heterocycles. The predicted molar refractivity (Wildman–Crippen MR) is 127 cm³/mol. The highest BCUT2D eigenvalue weighted by Gasteiger charge is 2.30. The molecular weight excluding hydrogens is 418 g/mol. The van der Waals surface area contributed by atoms with Crippen LogP contribution < -0.4 is 14.4 Å². The fraction of sp³-hybridized carbons (Fsp3) is 0.360. The Bertz CT molecular complexity index is 1100. The highest BCUT2D eigenvalue weighted by Crippen LogP contribution is 2.34. The molecule has 0 unspecified atom stereocenters. The molecule has 1 aliphatic heterocycles. The average molecular weight is 448 g/mol. The Morgan fingerprint density at radius 3 is 2.48 bits per heavy atom. The van der Waals surface area contributed by atoms with Crippen LogP contribution in [0.25, 0.3) is 11.4 Å². The summed E-state index contributed by atoms with van der Waals surface area (Å²) in [5.41, 5.74) is 2.25. The van der Waals surface area contributed by atoms with E-state index in [9.17, 15) is 4.79 Å². The third kappa shape index (κ3) is 4.74. The molecule has 1 aliphatic rings. The van der Waals surface area contributed by atoms with Crippen molar-refractivity contribution in [1.29, 1.82) is 0 Å².